The van der Waals surface area contributed by atoms with Crippen molar-refractivity contribution in [1.82, 2.24) is 15.1 Å². The summed E-state index contributed by atoms with van der Waals surface area (Å²) < 4.78 is 0. The van der Waals surface area contributed by atoms with E-state index >= 15 is 0 Å². The molecule has 1 saturated heterocycles. The summed E-state index contributed by atoms with van der Waals surface area (Å²) in [5, 5.41) is 3.39. The molecule has 116 valence electrons. The van der Waals surface area contributed by atoms with E-state index < -0.39 is 0 Å². The zero-order valence-electron chi connectivity index (χ0n) is 13.5. The monoisotopic (exact) mass is 289 g/mol. The van der Waals surface area contributed by atoms with Crippen LogP contribution < -0.4 is 5.32 Å². The van der Waals surface area contributed by atoms with E-state index in [0.717, 1.165) is 25.1 Å². The fourth-order valence-corrected chi connectivity index (χ4v) is 2.70. The van der Waals surface area contributed by atoms with E-state index in [0.29, 0.717) is 6.04 Å². The third-order valence-electron chi connectivity index (χ3n) is 4.33. The fourth-order valence-electron chi connectivity index (χ4n) is 2.70. The molecule has 4 heteroatoms. The average molecular weight is 289 g/mol. The summed E-state index contributed by atoms with van der Waals surface area (Å²) in [6.45, 7) is 8.28. The van der Waals surface area contributed by atoms with Crippen LogP contribution in [0.25, 0.3) is 0 Å². The standard InChI is InChI=1S/C17H27N3O/c1-13(2)19(4)11-8-12-20-14(3)18-16(17(20)21)15-9-6-5-7-10-15/h5-7,9-10,13-14,16,18H,8,11-12H2,1-4H3. The molecule has 2 unspecified atom stereocenters. The number of amides is 1. The molecule has 0 aromatic heterocycles. The lowest BCUT2D eigenvalue weighted by Gasteiger charge is -2.24. The molecule has 1 fully saturated rings. The number of benzene rings is 1. The summed E-state index contributed by atoms with van der Waals surface area (Å²) in [5.41, 5.74) is 1.05. The van der Waals surface area contributed by atoms with Gasteiger partial charge in [0.1, 0.15) is 6.04 Å². The Labute approximate surface area is 128 Å². The molecule has 1 amide bonds. The lowest BCUT2D eigenvalue weighted by Crippen LogP contribution is -2.37. The number of carbonyl (C=O) groups excluding carboxylic acids is 1. The first-order chi connectivity index (χ1) is 10.0. The Balaban J connectivity index is 1.91. The fraction of sp³-hybridized carbons (Fsp3) is 0.588. The van der Waals surface area contributed by atoms with Gasteiger partial charge in [-0.2, -0.15) is 0 Å². The van der Waals surface area contributed by atoms with E-state index in [4.69, 9.17) is 0 Å². The molecule has 1 aliphatic heterocycles. The van der Waals surface area contributed by atoms with Crippen LogP contribution in [0.15, 0.2) is 30.3 Å². The van der Waals surface area contributed by atoms with Gasteiger partial charge in [-0.1, -0.05) is 30.3 Å². The molecule has 2 atom stereocenters. The second-order valence-corrected chi connectivity index (χ2v) is 6.15. The van der Waals surface area contributed by atoms with Gasteiger partial charge in [0.2, 0.25) is 5.91 Å². The van der Waals surface area contributed by atoms with Crippen molar-refractivity contribution in [2.45, 2.75) is 45.4 Å². The van der Waals surface area contributed by atoms with Crippen LogP contribution in [0.1, 0.15) is 38.8 Å². The molecule has 0 radical (unpaired) electrons. The van der Waals surface area contributed by atoms with Gasteiger partial charge in [-0.25, -0.2) is 0 Å². The molecule has 21 heavy (non-hydrogen) atoms. The number of hydrogen-bond acceptors (Lipinski definition) is 3. The Bertz CT molecular complexity index is 460. The molecule has 1 aromatic carbocycles. The number of carbonyl (C=O) groups is 1. The highest BCUT2D eigenvalue weighted by atomic mass is 16.2. The maximum Gasteiger partial charge on any atom is 0.245 e. The zero-order chi connectivity index (χ0) is 15.4. The second-order valence-electron chi connectivity index (χ2n) is 6.15. The molecule has 1 N–H and O–H groups in total. The lowest BCUT2D eigenvalue weighted by molar-refractivity contribution is -0.130. The summed E-state index contributed by atoms with van der Waals surface area (Å²) in [4.78, 5) is 16.9. The molecule has 0 aliphatic carbocycles. The number of hydrogen-bond donors (Lipinski definition) is 1. The largest absolute Gasteiger partial charge is 0.326 e. The molecular formula is C17H27N3O. The SMILES string of the molecule is CC(C)N(C)CCCN1C(=O)C(c2ccccc2)NC1C. The molecule has 0 bridgehead atoms. The van der Waals surface area contributed by atoms with E-state index in [1.165, 1.54) is 0 Å². The van der Waals surface area contributed by atoms with Crippen molar-refractivity contribution in [3.63, 3.8) is 0 Å². The summed E-state index contributed by atoms with van der Waals surface area (Å²) in [6, 6.07) is 10.3. The van der Waals surface area contributed by atoms with Crippen molar-refractivity contribution < 1.29 is 4.79 Å². The van der Waals surface area contributed by atoms with Gasteiger partial charge in [0.15, 0.2) is 0 Å². The van der Waals surface area contributed by atoms with Gasteiger partial charge in [0, 0.05) is 12.6 Å². The van der Waals surface area contributed by atoms with Crippen LogP contribution in [0, 0.1) is 0 Å². The highest BCUT2D eigenvalue weighted by Crippen LogP contribution is 2.23. The Morgan fingerprint density at radius 2 is 1.95 bits per heavy atom. The average Bonchev–Trinajstić information content (AvgIpc) is 2.75. The summed E-state index contributed by atoms with van der Waals surface area (Å²) >= 11 is 0. The first kappa shape index (κ1) is 16.0. The van der Waals surface area contributed by atoms with Crippen molar-refractivity contribution >= 4 is 5.91 Å². The predicted molar refractivity (Wildman–Crippen MR) is 85.9 cm³/mol. The third kappa shape index (κ3) is 3.83. The number of rotatable bonds is 6. The van der Waals surface area contributed by atoms with Crippen LogP contribution in [0.5, 0.6) is 0 Å². The molecule has 4 nitrogen and oxygen atoms in total. The van der Waals surface area contributed by atoms with Gasteiger partial charge in [-0.15, -0.1) is 0 Å². The zero-order valence-corrected chi connectivity index (χ0v) is 13.5. The second kappa shape index (κ2) is 7.05. The minimum absolute atomic E-state index is 0.104. The maximum absolute atomic E-state index is 12.6. The molecule has 0 spiro atoms. The molecule has 1 aliphatic rings. The predicted octanol–water partition coefficient (Wildman–Crippen LogP) is 2.24. The first-order valence-corrected chi connectivity index (χ1v) is 7.82. The van der Waals surface area contributed by atoms with E-state index in [2.05, 4.69) is 38.0 Å². The van der Waals surface area contributed by atoms with Crippen LogP contribution >= 0.6 is 0 Å². The van der Waals surface area contributed by atoms with Gasteiger partial charge < -0.3 is 9.80 Å². The van der Waals surface area contributed by atoms with Crippen LogP contribution in [0.2, 0.25) is 0 Å². The van der Waals surface area contributed by atoms with Crippen molar-refractivity contribution in [2.75, 3.05) is 20.1 Å². The quantitative estimate of drug-likeness (QED) is 0.872. The van der Waals surface area contributed by atoms with Gasteiger partial charge in [0.05, 0.1) is 6.17 Å². The third-order valence-corrected chi connectivity index (χ3v) is 4.33. The molecule has 0 saturated carbocycles. The van der Waals surface area contributed by atoms with Gasteiger partial charge in [-0.3, -0.25) is 10.1 Å². The topological polar surface area (TPSA) is 35.6 Å². The van der Waals surface area contributed by atoms with Crippen molar-refractivity contribution in [2.24, 2.45) is 0 Å². The minimum atomic E-state index is -0.191. The molecular weight excluding hydrogens is 262 g/mol. The normalized spacial score (nSPS) is 22.6. The van der Waals surface area contributed by atoms with Gasteiger partial charge in [0.25, 0.3) is 0 Å². The number of nitrogens with one attached hydrogen (secondary N) is 1. The van der Waals surface area contributed by atoms with Crippen LogP contribution in [-0.2, 0) is 4.79 Å². The van der Waals surface area contributed by atoms with E-state index in [-0.39, 0.29) is 18.1 Å². The Hall–Kier alpha value is -1.39. The van der Waals surface area contributed by atoms with Gasteiger partial charge in [-0.05, 0) is 46.3 Å². The lowest BCUT2D eigenvalue weighted by atomic mass is 10.1. The molecule has 2 rings (SSSR count). The summed E-state index contributed by atoms with van der Waals surface area (Å²) in [6.07, 6.45) is 1.11. The molecule has 1 heterocycles. The van der Waals surface area contributed by atoms with E-state index in [9.17, 15) is 4.79 Å². The Morgan fingerprint density at radius 1 is 1.29 bits per heavy atom. The Morgan fingerprint density at radius 3 is 2.57 bits per heavy atom. The van der Waals surface area contributed by atoms with Gasteiger partial charge >= 0.3 is 0 Å². The van der Waals surface area contributed by atoms with Crippen LogP contribution in [0.4, 0.5) is 0 Å². The minimum Gasteiger partial charge on any atom is -0.326 e. The van der Waals surface area contributed by atoms with Crippen LogP contribution in [0.3, 0.4) is 0 Å². The summed E-state index contributed by atoms with van der Waals surface area (Å²) in [7, 11) is 2.13. The van der Waals surface area contributed by atoms with E-state index in [1.54, 1.807) is 0 Å². The van der Waals surface area contributed by atoms with Crippen molar-refractivity contribution in [1.29, 1.82) is 0 Å². The first-order valence-electron chi connectivity index (χ1n) is 7.82. The Kier molecular flexibility index (Phi) is 5.37. The summed E-state index contributed by atoms with van der Waals surface area (Å²) in [5.74, 6) is 0.195. The molecule has 1 aromatic rings. The van der Waals surface area contributed by atoms with Crippen LogP contribution in [-0.4, -0.2) is 48.1 Å². The highest BCUT2D eigenvalue weighted by molar-refractivity contribution is 5.85. The van der Waals surface area contributed by atoms with E-state index in [1.807, 2.05) is 35.2 Å². The number of nitrogens with zero attached hydrogens (tertiary/aromatic N) is 2. The van der Waals surface area contributed by atoms with Crippen molar-refractivity contribution in [3.8, 4) is 0 Å². The smallest absolute Gasteiger partial charge is 0.245 e. The van der Waals surface area contributed by atoms with Crippen molar-refractivity contribution in [3.05, 3.63) is 35.9 Å². The highest BCUT2D eigenvalue weighted by Gasteiger charge is 2.36. The maximum atomic E-state index is 12.6.